The van der Waals surface area contributed by atoms with Crippen molar-refractivity contribution in [3.63, 3.8) is 0 Å². The highest BCUT2D eigenvalue weighted by molar-refractivity contribution is 6.04. The number of benzene rings is 1. The zero-order valence-electron chi connectivity index (χ0n) is 15.4. The first-order chi connectivity index (χ1) is 12.7. The standard InChI is InChI=1S/C19H22N2O6/c1-18(2)26-16(22)19(17(23)27-18)11-12-10-13(21(24)25)7-8-14(12)20-9-5-3-4-6-15(19)20/h7-8,10,15H,3-6,9,11H2,1-2H3. The van der Waals surface area contributed by atoms with E-state index >= 15 is 0 Å². The van der Waals surface area contributed by atoms with Crippen LogP contribution in [-0.2, 0) is 25.5 Å². The summed E-state index contributed by atoms with van der Waals surface area (Å²) in [5.74, 6) is -2.51. The molecule has 0 bridgehead atoms. The maximum atomic E-state index is 13.1. The molecule has 1 spiro atoms. The molecule has 0 aliphatic carbocycles. The first-order valence-electron chi connectivity index (χ1n) is 9.25. The molecule has 0 saturated carbocycles. The van der Waals surface area contributed by atoms with E-state index in [9.17, 15) is 19.7 Å². The number of anilines is 1. The molecule has 4 rings (SSSR count). The summed E-state index contributed by atoms with van der Waals surface area (Å²) in [6, 6.07) is 4.28. The van der Waals surface area contributed by atoms with Crippen LogP contribution in [0, 0.1) is 15.5 Å². The van der Waals surface area contributed by atoms with Crippen LogP contribution in [0.1, 0.15) is 45.1 Å². The Morgan fingerprint density at radius 1 is 1.15 bits per heavy atom. The molecule has 3 aliphatic heterocycles. The Morgan fingerprint density at radius 3 is 2.52 bits per heavy atom. The lowest BCUT2D eigenvalue weighted by molar-refractivity contribution is -0.384. The van der Waals surface area contributed by atoms with Crippen molar-refractivity contribution in [2.24, 2.45) is 5.41 Å². The summed E-state index contributed by atoms with van der Waals surface area (Å²) in [4.78, 5) is 39.0. The van der Waals surface area contributed by atoms with E-state index in [1.165, 1.54) is 26.0 Å². The van der Waals surface area contributed by atoms with E-state index in [-0.39, 0.29) is 18.2 Å². The summed E-state index contributed by atoms with van der Waals surface area (Å²) in [6.07, 6.45) is 3.55. The lowest BCUT2D eigenvalue weighted by atomic mass is 9.69. The highest BCUT2D eigenvalue weighted by Crippen LogP contribution is 2.49. The number of nitro benzene ring substituents is 1. The van der Waals surface area contributed by atoms with Crippen LogP contribution in [0.5, 0.6) is 0 Å². The van der Waals surface area contributed by atoms with Crippen molar-refractivity contribution in [3.05, 3.63) is 33.9 Å². The van der Waals surface area contributed by atoms with Gasteiger partial charge in [0.1, 0.15) is 0 Å². The number of nitro groups is 1. The number of nitrogens with zero attached hydrogens (tertiary/aromatic N) is 2. The predicted molar refractivity (Wildman–Crippen MR) is 95.1 cm³/mol. The third-order valence-electron chi connectivity index (χ3n) is 5.78. The molecule has 27 heavy (non-hydrogen) atoms. The second-order valence-corrected chi connectivity index (χ2v) is 7.96. The molecule has 1 atom stereocenters. The van der Waals surface area contributed by atoms with Crippen LogP contribution in [0.25, 0.3) is 0 Å². The van der Waals surface area contributed by atoms with Gasteiger partial charge >= 0.3 is 11.9 Å². The lowest BCUT2D eigenvalue weighted by Gasteiger charge is -2.51. The van der Waals surface area contributed by atoms with Crippen molar-refractivity contribution in [1.82, 2.24) is 0 Å². The number of carbonyl (C=O) groups excluding carboxylic acids is 2. The Hall–Kier alpha value is -2.64. The van der Waals surface area contributed by atoms with Crippen LogP contribution < -0.4 is 4.90 Å². The summed E-state index contributed by atoms with van der Waals surface area (Å²) >= 11 is 0. The number of non-ortho nitro benzene ring substituents is 1. The summed E-state index contributed by atoms with van der Waals surface area (Å²) in [5, 5.41) is 11.2. The third kappa shape index (κ3) is 2.65. The van der Waals surface area contributed by atoms with E-state index in [2.05, 4.69) is 4.90 Å². The molecular weight excluding hydrogens is 352 g/mol. The minimum Gasteiger partial charge on any atom is -0.422 e. The topological polar surface area (TPSA) is 99.0 Å². The first kappa shape index (κ1) is 17.8. The molecule has 0 aromatic heterocycles. The summed E-state index contributed by atoms with van der Waals surface area (Å²) in [7, 11) is 0. The molecule has 1 aromatic rings. The van der Waals surface area contributed by atoms with Gasteiger partial charge in [-0.1, -0.05) is 12.8 Å². The minimum absolute atomic E-state index is 0.0545. The monoisotopic (exact) mass is 374 g/mol. The van der Waals surface area contributed by atoms with Gasteiger partial charge in [0.25, 0.3) is 11.5 Å². The van der Waals surface area contributed by atoms with Gasteiger partial charge in [0, 0.05) is 44.6 Å². The molecule has 0 N–H and O–H groups in total. The van der Waals surface area contributed by atoms with E-state index in [1.54, 1.807) is 6.07 Å². The normalized spacial score (nSPS) is 25.7. The molecular formula is C19H22N2O6. The average Bonchev–Trinajstić information content (AvgIpc) is 2.84. The van der Waals surface area contributed by atoms with Crippen molar-refractivity contribution in [1.29, 1.82) is 0 Å². The second-order valence-electron chi connectivity index (χ2n) is 7.96. The predicted octanol–water partition coefficient (Wildman–Crippen LogP) is 2.72. The van der Waals surface area contributed by atoms with Gasteiger partial charge < -0.3 is 14.4 Å². The Morgan fingerprint density at radius 2 is 1.85 bits per heavy atom. The van der Waals surface area contributed by atoms with E-state index in [4.69, 9.17) is 9.47 Å². The summed E-state index contributed by atoms with van der Waals surface area (Å²) in [6.45, 7) is 3.74. The van der Waals surface area contributed by atoms with Gasteiger partial charge in [-0.3, -0.25) is 19.7 Å². The number of esters is 2. The van der Waals surface area contributed by atoms with Gasteiger partial charge in [-0.25, -0.2) is 0 Å². The Bertz CT molecular complexity index is 813. The van der Waals surface area contributed by atoms with Crippen LogP contribution in [0.4, 0.5) is 11.4 Å². The Balaban J connectivity index is 1.87. The fourth-order valence-corrected chi connectivity index (χ4v) is 4.58. The number of fused-ring (bicyclic) bond motifs is 4. The van der Waals surface area contributed by atoms with E-state index < -0.39 is 28.1 Å². The van der Waals surface area contributed by atoms with Crippen molar-refractivity contribution in [3.8, 4) is 0 Å². The van der Waals surface area contributed by atoms with Gasteiger partial charge in [0.15, 0.2) is 5.41 Å². The fourth-order valence-electron chi connectivity index (χ4n) is 4.58. The summed E-state index contributed by atoms with van der Waals surface area (Å²) in [5.41, 5.74) is -0.0863. The second kappa shape index (κ2) is 5.94. The molecule has 3 aliphatic rings. The molecule has 0 radical (unpaired) electrons. The quantitative estimate of drug-likeness (QED) is 0.322. The SMILES string of the molecule is CC1(C)OC(=O)C2(Cc3cc([N+](=O)[O-])ccc3N3CCCCCC32)C(=O)O1. The smallest absolute Gasteiger partial charge is 0.329 e. The summed E-state index contributed by atoms with van der Waals surface area (Å²) < 4.78 is 11.0. The van der Waals surface area contributed by atoms with Gasteiger partial charge in [0.2, 0.25) is 0 Å². The lowest BCUT2D eigenvalue weighted by Crippen LogP contribution is -2.65. The number of ether oxygens (including phenoxy) is 2. The van der Waals surface area contributed by atoms with Gasteiger partial charge in [-0.05, 0) is 24.5 Å². The minimum atomic E-state index is -1.48. The van der Waals surface area contributed by atoms with Gasteiger partial charge in [0.05, 0.1) is 11.0 Å². The molecule has 3 heterocycles. The highest BCUT2D eigenvalue weighted by atomic mass is 16.7. The largest absolute Gasteiger partial charge is 0.422 e. The Kier molecular flexibility index (Phi) is 3.90. The Labute approximate surface area is 156 Å². The van der Waals surface area contributed by atoms with E-state index in [0.29, 0.717) is 18.5 Å². The highest BCUT2D eigenvalue weighted by Gasteiger charge is 2.63. The molecule has 2 saturated heterocycles. The number of rotatable bonds is 1. The van der Waals surface area contributed by atoms with Crippen molar-refractivity contribution >= 4 is 23.3 Å². The average molecular weight is 374 g/mol. The van der Waals surface area contributed by atoms with Crippen molar-refractivity contribution in [2.45, 2.75) is 57.8 Å². The molecule has 144 valence electrons. The van der Waals surface area contributed by atoms with Gasteiger partial charge in [-0.15, -0.1) is 0 Å². The zero-order valence-corrected chi connectivity index (χ0v) is 15.4. The van der Waals surface area contributed by atoms with Crippen LogP contribution >= 0.6 is 0 Å². The maximum Gasteiger partial charge on any atom is 0.329 e. The number of hydrogen-bond acceptors (Lipinski definition) is 7. The molecule has 8 nitrogen and oxygen atoms in total. The molecule has 2 fully saturated rings. The first-order valence-corrected chi connectivity index (χ1v) is 9.25. The van der Waals surface area contributed by atoms with Crippen LogP contribution in [0.3, 0.4) is 0 Å². The number of hydrogen-bond donors (Lipinski definition) is 0. The van der Waals surface area contributed by atoms with Crippen LogP contribution in [0.15, 0.2) is 18.2 Å². The zero-order chi connectivity index (χ0) is 19.4. The number of carbonyl (C=O) groups is 2. The van der Waals surface area contributed by atoms with E-state index in [0.717, 1.165) is 24.9 Å². The van der Waals surface area contributed by atoms with E-state index in [1.807, 2.05) is 0 Å². The molecule has 8 heteroatoms. The van der Waals surface area contributed by atoms with Gasteiger partial charge in [-0.2, -0.15) is 0 Å². The third-order valence-corrected chi connectivity index (χ3v) is 5.78. The molecule has 1 aromatic carbocycles. The van der Waals surface area contributed by atoms with Crippen molar-refractivity contribution < 1.29 is 24.0 Å². The molecule has 1 unspecified atom stereocenters. The van der Waals surface area contributed by atoms with Crippen molar-refractivity contribution in [2.75, 3.05) is 11.4 Å². The number of cyclic esters (lactones) is 2. The molecule has 0 amide bonds. The maximum absolute atomic E-state index is 13.1. The fraction of sp³-hybridized carbons (Fsp3) is 0.579. The van der Waals surface area contributed by atoms with Crippen LogP contribution in [0.2, 0.25) is 0 Å². The van der Waals surface area contributed by atoms with Crippen LogP contribution in [-0.4, -0.2) is 35.2 Å².